The van der Waals surface area contributed by atoms with Crippen LogP contribution < -0.4 is 10.6 Å². The molecule has 0 bridgehead atoms. The zero-order valence-corrected chi connectivity index (χ0v) is 14.4. The molecule has 1 aliphatic rings. The van der Waals surface area contributed by atoms with Gasteiger partial charge in [0.15, 0.2) is 0 Å². The van der Waals surface area contributed by atoms with Crippen molar-refractivity contribution >= 4 is 46.2 Å². The number of aromatic nitrogens is 1. The molecule has 0 aromatic carbocycles. The Bertz CT molecular complexity index is 504. The average molecular weight is 347 g/mol. The summed E-state index contributed by atoms with van der Waals surface area (Å²) in [4.78, 5) is 9.46. The molecule has 0 aliphatic carbocycles. The topological polar surface area (TPSA) is 45.4 Å². The number of hydrogen-bond donors (Lipinski definition) is 1. The SMILES string of the molecule is CCCC(C(N)=S)N1CCN(c2ncc(Cl)cc2Cl)CC1. The summed E-state index contributed by atoms with van der Waals surface area (Å²) < 4.78 is 0. The maximum Gasteiger partial charge on any atom is 0.147 e. The zero-order valence-electron chi connectivity index (χ0n) is 12.1. The number of piperazine rings is 1. The Morgan fingerprint density at radius 1 is 1.38 bits per heavy atom. The third-order valence-corrected chi connectivity index (χ3v) is 4.49. The lowest BCUT2D eigenvalue weighted by molar-refractivity contribution is 0.219. The highest BCUT2D eigenvalue weighted by Crippen LogP contribution is 2.27. The number of thiocarbonyl (C=S) groups is 1. The summed E-state index contributed by atoms with van der Waals surface area (Å²) in [6.07, 6.45) is 3.71. The van der Waals surface area contributed by atoms with Crippen molar-refractivity contribution in [1.82, 2.24) is 9.88 Å². The molecule has 1 aromatic heterocycles. The molecule has 21 heavy (non-hydrogen) atoms. The van der Waals surface area contributed by atoms with Crippen LogP contribution in [0.25, 0.3) is 0 Å². The third kappa shape index (κ3) is 4.19. The number of nitrogens with zero attached hydrogens (tertiary/aromatic N) is 3. The van der Waals surface area contributed by atoms with Crippen LogP contribution in [0.3, 0.4) is 0 Å². The average Bonchev–Trinajstić information content (AvgIpc) is 2.45. The van der Waals surface area contributed by atoms with Gasteiger partial charge in [-0.2, -0.15) is 0 Å². The Morgan fingerprint density at radius 3 is 2.57 bits per heavy atom. The molecule has 1 unspecified atom stereocenters. The molecule has 0 saturated carbocycles. The van der Waals surface area contributed by atoms with Crippen LogP contribution in [0.2, 0.25) is 10.0 Å². The van der Waals surface area contributed by atoms with Crippen LogP contribution in [0.1, 0.15) is 19.8 Å². The molecular weight excluding hydrogens is 327 g/mol. The number of anilines is 1. The summed E-state index contributed by atoms with van der Waals surface area (Å²) in [5.41, 5.74) is 5.87. The molecule has 4 nitrogen and oxygen atoms in total. The molecule has 0 spiro atoms. The van der Waals surface area contributed by atoms with Gasteiger partial charge in [-0.3, -0.25) is 4.90 Å². The highest BCUT2D eigenvalue weighted by Gasteiger charge is 2.26. The van der Waals surface area contributed by atoms with E-state index < -0.39 is 0 Å². The first kappa shape index (κ1) is 16.7. The van der Waals surface area contributed by atoms with Gasteiger partial charge >= 0.3 is 0 Å². The van der Waals surface area contributed by atoms with Gasteiger partial charge in [-0.1, -0.05) is 48.8 Å². The zero-order chi connectivity index (χ0) is 15.4. The van der Waals surface area contributed by atoms with Crippen LogP contribution in [-0.4, -0.2) is 47.1 Å². The van der Waals surface area contributed by atoms with Gasteiger partial charge in [0.2, 0.25) is 0 Å². The summed E-state index contributed by atoms with van der Waals surface area (Å²) >= 11 is 17.3. The van der Waals surface area contributed by atoms with E-state index in [9.17, 15) is 0 Å². The standard InChI is InChI=1S/C14H20Cl2N4S/c1-2-3-12(13(17)21)19-4-6-20(7-5-19)14-11(16)8-10(15)9-18-14/h8-9,12H,2-7H2,1H3,(H2,17,21). The number of hydrogen-bond acceptors (Lipinski definition) is 4. The maximum absolute atomic E-state index is 6.22. The molecule has 1 saturated heterocycles. The highest BCUT2D eigenvalue weighted by molar-refractivity contribution is 7.80. The molecular formula is C14H20Cl2N4S. The quantitative estimate of drug-likeness (QED) is 0.830. The number of halogens is 2. The van der Waals surface area contributed by atoms with Gasteiger partial charge in [0, 0.05) is 32.4 Å². The van der Waals surface area contributed by atoms with Crippen molar-refractivity contribution in [3.05, 3.63) is 22.3 Å². The summed E-state index contributed by atoms with van der Waals surface area (Å²) in [7, 11) is 0. The normalized spacial score (nSPS) is 17.8. The lowest BCUT2D eigenvalue weighted by atomic mass is 10.1. The van der Waals surface area contributed by atoms with Crippen molar-refractivity contribution < 1.29 is 0 Å². The Morgan fingerprint density at radius 2 is 2.05 bits per heavy atom. The molecule has 116 valence electrons. The first-order chi connectivity index (χ1) is 10.0. The second-order valence-corrected chi connectivity index (χ2v) is 6.50. The Labute approximate surface area is 141 Å². The van der Waals surface area contributed by atoms with E-state index in [1.54, 1.807) is 12.3 Å². The molecule has 2 heterocycles. The smallest absolute Gasteiger partial charge is 0.147 e. The van der Waals surface area contributed by atoms with Gasteiger partial charge in [-0.05, 0) is 12.5 Å². The van der Waals surface area contributed by atoms with Crippen molar-refractivity contribution in [3.63, 3.8) is 0 Å². The van der Waals surface area contributed by atoms with Gasteiger partial charge in [-0.15, -0.1) is 0 Å². The van der Waals surface area contributed by atoms with Crippen LogP contribution in [0.15, 0.2) is 12.3 Å². The van der Waals surface area contributed by atoms with Gasteiger partial charge in [0.25, 0.3) is 0 Å². The largest absolute Gasteiger partial charge is 0.392 e. The van der Waals surface area contributed by atoms with Gasteiger partial charge < -0.3 is 10.6 Å². The van der Waals surface area contributed by atoms with Crippen molar-refractivity contribution in [2.24, 2.45) is 5.73 Å². The summed E-state index contributed by atoms with van der Waals surface area (Å²) in [5.74, 6) is 0.795. The fourth-order valence-electron chi connectivity index (χ4n) is 2.66. The van der Waals surface area contributed by atoms with E-state index in [2.05, 4.69) is 21.7 Å². The first-order valence-corrected chi connectivity index (χ1v) is 8.28. The maximum atomic E-state index is 6.22. The summed E-state index contributed by atoms with van der Waals surface area (Å²) in [5, 5.41) is 1.15. The van der Waals surface area contributed by atoms with Crippen molar-refractivity contribution in [2.75, 3.05) is 31.1 Å². The summed E-state index contributed by atoms with van der Waals surface area (Å²) in [6, 6.07) is 1.92. The Hall–Kier alpha value is -0.620. The van der Waals surface area contributed by atoms with Gasteiger partial charge in [-0.25, -0.2) is 4.98 Å². The van der Waals surface area contributed by atoms with E-state index in [1.807, 2.05) is 0 Å². The third-order valence-electron chi connectivity index (χ3n) is 3.73. The van der Waals surface area contributed by atoms with Crippen LogP contribution in [0.4, 0.5) is 5.82 Å². The lowest BCUT2D eigenvalue weighted by Crippen LogP contribution is -2.54. The molecule has 1 atom stereocenters. The molecule has 1 aliphatic heterocycles. The fraction of sp³-hybridized carbons (Fsp3) is 0.571. The van der Waals surface area contributed by atoms with E-state index >= 15 is 0 Å². The predicted octanol–water partition coefficient (Wildman–Crippen LogP) is 2.97. The van der Waals surface area contributed by atoms with E-state index in [-0.39, 0.29) is 6.04 Å². The van der Waals surface area contributed by atoms with E-state index in [4.69, 9.17) is 41.2 Å². The van der Waals surface area contributed by atoms with Gasteiger partial charge in [0.1, 0.15) is 5.82 Å². The first-order valence-electron chi connectivity index (χ1n) is 7.12. The van der Waals surface area contributed by atoms with Crippen molar-refractivity contribution in [3.8, 4) is 0 Å². The second-order valence-electron chi connectivity index (χ2n) is 5.19. The molecule has 2 rings (SSSR count). The fourth-order valence-corrected chi connectivity index (χ4v) is 3.43. The summed E-state index contributed by atoms with van der Waals surface area (Å²) in [6.45, 7) is 5.68. The molecule has 0 amide bonds. The minimum atomic E-state index is 0.195. The number of rotatable bonds is 5. The second kappa shape index (κ2) is 7.58. The molecule has 0 radical (unpaired) electrons. The molecule has 1 fully saturated rings. The molecule has 7 heteroatoms. The predicted molar refractivity (Wildman–Crippen MR) is 93.5 cm³/mol. The van der Waals surface area contributed by atoms with Crippen LogP contribution in [0, 0.1) is 0 Å². The van der Waals surface area contributed by atoms with E-state index in [0.29, 0.717) is 15.0 Å². The Kier molecular flexibility index (Phi) is 6.05. The minimum absolute atomic E-state index is 0.195. The van der Waals surface area contributed by atoms with Crippen LogP contribution in [0.5, 0.6) is 0 Å². The molecule has 1 aromatic rings. The highest BCUT2D eigenvalue weighted by atomic mass is 35.5. The van der Waals surface area contributed by atoms with Crippen molar-refractivity contribution in [2.45, 2.75) is 25.8 Å². The van der Waals surface area contributed by atoms with Crippen molar-refractivity contribution in [1.29, 1.82) is 0 Å². The van der Waals surface area contributed by atoms with E-state index in [1.165, 1.54) is 0 Å². The lowest BCUT2D eigenvalue weighted by Gasteiger charge is -2.39. The van der Waals surface area contributed by atoms with Crippen LogP contribution >= 0.6 is 35.4 Å². The Balaban J connectivity index is 2.01. The number of pyridine rings is 1. The monoisotopic (exact) mass is 346 g/mol. The van der Waals surface area contributed by atoms with E-state index in [0.717, 1.165) is 44.8 Å². The van der Waals surface area contributed by atoms with Gasteiger partial charge in [0.05, 0.1) is 21.1 Å². The molecule has 2 N–H and O–H groups in total. The minimum Gasteiger partial charge on any atom is -0.392 e. The van der Waals surface area contributed by atoms with Crippen LogP contribution in [-0.2, 0) is 0 Å². The number of nitrogens with two attached hydrogens (primary N) is 1.